The van der Waals surface area contributed by atoms with Crippen LogP contribution in [-0.4, -0.2) is 32.0 Å². The first-order valence-corrected chi connectivity index (χ1v) is 11.2. The maximum atomic E-state index is 13.5. The summed E-state index contributed by atoms with van der Waals surface area (Å²) in [7, 11) is 0. The number of nitro benzene ring substituents is 1. The Kier molecular flexibility index (Phi) is 6.86. The van der Waals surface area contributed by atoms with Crippen molar-refractivity contribution in [3.05, 3.63) is 111 Å². The molecule has 9 nitrogen and oxygen atoms in total. The molecule has 1 aromatic heterocycles. The van der Waals surface area contributed by atoms with Gasteiger partial charge in [-0.2, -0.15) is 0 Å². The Morgan fingerprint density at radius 1 is 1.06 bits per heavy atom. The molecular formula is C26H25N5O4. The SMILES string of the molecule is CCN(C(=O)Nc1ccc([N+](=O)[O-])cc1)C(C)c1nc2ccccc2c(=O)n1Cc1ccccc1. The van der Waals surface area contributed by atoms with E-state index in [9.17, 15) is 19.7 Å². The molecule has 2 amide bonds. The first kappa shape index (κ1) is 23.6. The number of amides is 2. The molecule has 4 aromatic rings. The number of urea groups is 1. The number of hydrogen-bond acceptors (Lipinski definition) is 5. The van der Waals surface area contributed by atoms with Crippen LogP contribution >= 0.6 is 0 Å². The number of anilines is 1. The van der Waals surface area contributed by atoms with Gasteiger partial charge in [0.25, 0.3) is 11.2 Å². The summed E-state index contributed by atoms with van der Waals surface area (Å²) in [6.07, 6.45) is 0. The smallest absolute Gasteiger partial charge is 0.315 e. The molecule has 35 heavy (non-hydrogen) atoms. The number of nitrogens with one attached hydrogen (secondary N) is 1. The molecule has 1 unspecified atom stereocenters. The summed E-state index contributed by atoms with van der Waals surface area (Å²) in [6, 6.07) is 21.5. The van der Waals surface area contributed by atoms with E-state index in [0.29, 0.717) is 35.5 Å². The molecule has 9 heteroatoms. The summed E-state index contributed by atoms with van der Waals surface area (Å²) in [5, 5.41) is 14.2. The van der Waals surface area contributed by atoms with Gasteiger partial charge >= 0.3 is 6.03 Å². The summed E-state index contributed by atoms with van der Waals surface area (Å²) in [4.78, 5) is 43.4. The molecule has 1 N–H and O–H groups in total. The Labute approximate surface area is 201 Å². The normalized spacial score (nSPS) is 11.7. The van der Waals surface area contributed by atoms with Crippen molar-refractivity contribution in [3.8, 4) is 0 Å². The lowest BCUT2D eigenvalue weighted by Gasteiger charge is -2.29. The Morgan fingerprint density at radius 2 is 1.71 bits per heavy atom. The number of nitrogens with zero attached hydrogens (tertiary/aromatic N) is 4. The van der Waals surface area contributed by atoms with Gasteiger partial charge in [-0.05, 0) is 43.7 Å². The molecule has 0 spiro atoms. The topological polar surface area (TPSA) is 110 Å². The Balaban J connectivity index is 1.70. The number of aromatic nitrogens is 2. The number of nitro groups is 1. The van der Waals surface area contributed by atoms with Gasteiger partial charge in [-0.25, -0.2) is 9.78 Å². The maximum Gasteiger partial charge on any atom is 0.322 e. The lowest BCUT2D eigenvalue weighted by Crippen LogP contribution is -2.40. The van der Waals surface area contributed by atoms with Crippen LogP contribution in [0.5, 0.6) is 0 Å². The first-order chi connectivity index (χ1) is 16.9. The van der Waals surface area contributed by atoms with Crippen LogP contribution in [0.4, 0.5) is 16.2 Å². The minimum atomic E-state index is -0.529. The summed E-state index contributed by atoms with van der Waals surface area (Å²) < 4.78 is 1.62. The largest absolute Gasteiger partial charge is 0.322 e. The third-order valence-corrected chi connectivity index (χ3v) is 5.85. The summed E-state index contributed by atoms with van der Waals surface area (Å²) in [5.74, 6) is 0.471. The van der Waals surface area contributed by atoms with Gasteiger partial charge in [-0.3, -0.25) is 19.5 Å². The van der Waals surface area contributed by atoms with Gasteiger partial charge in [-0.1, -0.05) is 42.5 Å². The van der Waals surface area contributed by atoms with Gasteiger partial charge < -0.3 is 10.2 Å². The molecule has 0 radical (unpaired) electrons. The second-order valence-corrected chi connectivity index (χ2v) is 8.06. The van der Waals surface area contributed by atoms with Crippen molar-refractivity contribution in [3.63, 3.8) is 0 Å². The number of non-ortho nitro benzene ring substituents is 1. The van der Waals surface area contributed by atoms with Crippen molar-refractivity contribution in [2.24, 2.45) is 0 Å². The number of hydrogen-bond donors (Lipinski definition) is 1. The fraction of sp³-hybridized carbons (Fsp3) is 0.192. The minimum absolute atomic E-state index is 0.0611. The van der Waals surface area contributed by atoms with E-state index in [-0.39, 0.29) is 11.2 Å². The average molecular weight is 472 g/mol. The molecule has 1 atom stereocenters. The highest BCUT2D eigenvalue weighted by molar-refractivity contribution is 5.89. The summed E-state index contributed by atoms with van der Waals surface area (Å²) in [6.45, 7) is 4.34. The zero-order valence-corrected chi connectivity index (χ0v) is 19.4. The fourth-order valence-electron chi connectivity index (χ4n) is 4.02. The van der Waals surface area contributed by atoms with E-state index in [1.807, 2.05) is 50.2 Å². The molecule has 0 aliphatic rings. The summed E-state index contributed by atoms with van der Waals surface area (Å²) in [5.41, 5.74) is 1.70. The maximum absolute atomic E-state index is 13.5. The molecular weight excluding hydrogens is 446 g/mol. The van der Waals surface area contributed by atoms with Gasteiger partial charge in [0.15, 0.2) is 0 Å². The molecule has 0 aliphatic heterocycles. The lowest BCUT2D eigenvalue weighted by atomic mass is 10.1. The van der Waals surface area contributed by atoms with Crippen LogP contribution < -0.4 is 10.9 Å². The average Bonchev–Trinajstić information content (AvgIpc) is 2.87. The second kappa shape index (κ2) is 10.2. The predicted molar refractivity (Wildman–Crippen MR) is 134 cm³/mol. The van der Waals surface area contributed by atoms with Gasteiger partial charge in [0.1, 0.15) is 5.82 Å². The molecule has 0 bridgehead atoms. The Morgan fingerprint density at radius 3 is 2.37 bits per heavy atom. The highest BCUT2D eigenvalue weighted by Gasteiger charge is 2.25. The fourth-order valence-corrected chi connectivity index (χ4v) is 4.02. The van der Waals surface area contributed by atoms with Gasteiger partial charge in [0.2, 0.25) is 0 Å². The monoisotopic (exact) mass is 471 g/mol. The molecule has 0 saturated carbocycles. The van der Waals surface area contributed by atoms with Crippen LogP contribution in [0, 0.1) is 10.1 Å². The molecule has 0 saturated heterocycles. The molecule has 0 fully saturated rings. The molecule has 3 aromatic carbocycles. The second-order valence-electron chi connectivity index (χ2n) is 8.06. The number of carbonyl (C=O) groups is 1. The van der Waals surface area contributed by atoms with E-state index in [4.69, 9.17) is 4.98 Å². The Bertz CT molecular complexity index is 1420. The lowest BCUT2D eigenvalue weighted by molar-refractivity contribution is -0.384. The van der Waals surface area contributed by atoms with Crippen molar-refractivity contribution in [1.82, 2.24) is 14.5 Å². The Hall–Kier alpha value is -4.53. The van der Waals surface area contributed by atoms with Crippen LogP contribution in [0.25, 0.3) is 10.9 Å². The van der Waals surface area contributed by atoms with Crippen molar-refractivity contribution in [1.29, 1.82) is 0 Å². The highest BCUT2D eigenvalue weighted by atomic mass is 16.6. The zero-order chi connectivity index (χ0) is 24.9. The molecule has 4 rings (SSSR count). The van der Waals surface area contributed by atoms with E-state index < -0.39 is 17.0 Å². The van der Waals surface area contributed by atoms with E-state index in [0.717, 1.165) is 5.56 Å². The summed E-state index contributed by atoms with van der Waals surface area (Å²) >= 11 is 0. The molecule has 0 aliphatic carbocycles. The van der Waals surface area contributed by atoms with Crippen LogP contribution in [0.2, 0.25) is 0 Å². The standard InChI is InChI=1S/C26H25N5O4/c1-3-29(26(33)27-20-13-15-21(16-14-20)31(34)35)18(2)24-28-23-12-8-7-11-22(23)25(32)30(24)17-19-9-5-4-6-10-19/h4-16,18H,3,17H2,1-2H3,(H,27,33). The molecule has 178 valence electrons. The van der Waals surface area contributed by atoms with Crippen molar-refractivity contribution in [2.75, 3.05) is 11.9 Å². The number of benzene rings is 3. The van der Waals surface area contributed by atoms with Crippen LogP contribution in [0.1, 0.15) is 31.3 Å². The highest BCUT2D eigenvalue weighted by Crippen LogP contribution is 2.23. The van der Waals surface area contributed by atoms with Crippen LogP contribution in [0.3, 0.4) is 0 Å². The number of carbonyl (C=O) groups excluding carboxylic acids is 1. The zero-order valence-electron chi connectivity index (χ0n) is 19.4. The van der Waals surface area contributed by atoms with E-state index in [1.165, 1.54) is 24.3 Å². The van der Waals surface area contributed by atoms with E-state index >= 15 is 0 Å². The van der Waals surface area contributed by atoms with Crippen molar-refractivity contribution in [2.45, 2.75) is 26.4 Å². The minimum Gasteiger partial charge on any atom is -0.315 e. The third kappa shape index (κ3) is 5.03. The van der Waals surface area contributed by atoms with Gasteiger partial charge in [0.05, 0.1) is 28.4 Å². The van der Waals surface area contributed by atoms with Crippen LogP contribution in [-0.2, 0) is 6.54 Å². The van der Waals surface area contributed by atoms with E-state index in [2.05, 4.69) is 5.32 Å². The number of para-hydroxylation sites is 1. The van der Waals surface area contributed by atoms with Crippen molar-refractivity contribution >= 4 is 28.3 Å². The first-order valence-electron chi connectivity index (χ1n) is 11.2. The van der Waals surface area contributed by atoms with Crippen molar-refractivity contribution < 1.29 is 9.72 Å². The predicted octanol–water partition coefficient (Wildman–Crippen LogP) is 4.97. The van der Waals surface area contributed by atoms with Gasteiger partial charge in [0, 0.05) is 24.4 Å². The van der Waals surface area contributed by atoms with E-state index in [1.54, 1.807) is 27.7 Å². The quantitative estimate of drug-likeness (QED) is 0.302. The van der Waals surface area contributed by atoms with Gasteiger partial charge in [-0.15, -0.1) is 0 Å². The number of fused-ring (bicyclic) bond motifs is 1. The third-order valence-electron chi connectivity index (χ3n) is 5.85. The molecule has 1 heterocycles. The van der Waals surface area contributed by atoms with Crippen LogP contribution in [0.15, 0.2) is 83.7 Å². The number of rotatable bonds is 7.